The smallest absolute Gasteiger partial charge is 0.257 e. The van der Waals surface area contributed by atoms with Crippen LogP contribution in [0.15, 0.2) is 24.5 Å². The molecule has 8 nitrogen and oxygen atoms in total. The topological polar surface area (TPSA) is 100 Å². The van der Waals surface area contributed by atoms with Crippen LogP contribution in [0.5, 0.6) is 0 Å². The summed E-state index contributed by atoms with van der Waals surface area (Å²) in [5, 5.41) is 6.17. The van der Waals surface area contributed by atoms with Gasteiger partial charge >= 0.3 is 0 Å². The predicted octanol–water partition coefficient (Wildman–Crippen LogP) is 1.96. The fraction of sp³-hybridized carbons (Fsp3) is 0.476. The molecule has 29 heavy (non-hydrogen) atoms. The number of hydrogen-bond donors (Lipinski definition) is 2. The zero-order chi connectivity index (χ0) is 20.2. The third kappa shape index (κ3) is 4.88. The van der Waals surface area contributed by atoms with Crippen molar-refractivity contribution in [2.45, 2.75) is 45.1 Å². The second-order valence-corrected chi connectivity index (χ2v) is 7.67. The molecular weight excluding hydrogens is 368 g/mol. The number of likely N-dealkylation sites (tertiary alicyclic amines) is 1. The maximum Gasteiger partial charge on any atom is 0.257 e. The van der Waals surface area contributed by atoms with Crippen molar-refractivity contribution in [3.8, 4) is 0 Å². The minimum Gasteiger partial charge on any atom is -0.352 e. The summed E-state index contributed by atoms with van der Waals surface area (Å²) in [4.78, 5) is 40.2. The quantitative estimate of drug-likeness (QED) is 0.745. The van der Waals surface area contributed by atoms with Crippen molar-refractivity contribution in [3.05, 3.63) is 47.0 Å². The number of nitrogens with zero attached hydrogens (tertiary/aromatic N) is 4. The zero-order valence-electron chi connectivity index (χ0n) is 16.6. The van der Waals surface area contributed by atoms with Crippen molar-refractivity contribution < 1.29 is 9.59 Å². The molecule has 1 saturated carbocycles. The zero-order valence-corrected chi connectivity index (χ0v) is 16.6. The predicted molar refractivity (Wildman–Crippen MR) is 109 cm³/mol. The molecular formula is C21H26N6O2. The first-order valence-corrected chi connectivity index (χ1v) is 10.2. The Labute approximate surface area is 170 Å². The van der Waals surface area contributed by atoms with Gasteiger partial charge in [0.05, 0.1) is 16.8 Å². The van der Waals surface area contributed by atoms with Crippen LogP contribution in [0.2, 0.25) is 0 Å². The van der Waals surface area contributed by atoms with Crippen LogP contribution < -0.4 is 10.6 Å². The van der Waals surface area contributed by atoms with Gasteiger partial charge in [0.25, 0.3) is 11.8 Å². The molecule has 2 aromatic heterocycles. The van der Waals surface area contributed by atoms with Crippen LogP contribution in [0.25, 0.3) is 0 Å². The van der Waals surface area contributed by atoms with E-state index in [9.17, 15) is 9.59 Å². The Morgan fingerprint density at radius 2 is 1.93 bits per heavy atom. The molecule has 0 bridgehead atoms. The number of aryl methyl sites for hydroxylation is 1. The Balaban J connectivity index is 1.45. The summed E-state index contributed by atoms with van der Waals surface area (Å²) in [6.07, 6.45) is 7.95. The van der Waals surface area contributed by atoms with E-state index >= 15 is 0 Å². The highest BCUT2D eigenvalue weighted by atomic mass is 16.2. The average molecular weight is 394 g/mol. The Hall–Kier alpha value is -3.03. The van der Waals surface area contributed by atoms with E-state index in [1.165, 1.54) is 0 Å². The number of pyridine rings is 1. The van der Waals surface area contributed by atoms with Gasteiger partial charge in [-0.15, -0.1) is 0 Å². The summed E-state index contributed by atoms with van der Waals surface area (Å²) < 4.78 is 0. The van der Waals surface area contributed by atoms with Gasteiger partial charge in [-0.3, -0.25) is 14.6 Å². The van der Waals surface area contributed by atoms with Crippen molar-refractivity contribution in [3.63, 3.8) is 0 Å². The van der Waals surface area contributed by atoms with Crippen LogP contribution in [-0.4, -0.2) is 57.3 Å². The first-order chi connectivity index (χ1) is 14.1. The molecule has 2 aliphatic rings. The van der Waals surface area contributed by atoms with Crippen LogP contribution in [0.3, 0.4) is 0 Å². The molecule has 0 aromatic carbocycles. The van der Waals surface area contributed by atoms with Crippen LogP contribution >= 0.6 is 0 Å². The van der Waals surface area contributed by atoms with Gasteiger partial charge in [0.1, 0.15) is 0 Å². The largest absolute Gasteiger partial charge is 0.352 e. The number of carbonyl (C=O) groups is 2. The molecule has 0 unspecified atom stereocenters. The average Bonchev–Trinajstić information content (AvgIpc) is 3.36. The minimum absolute atomic E-state index is 0.0236. The van der Waals surface area contributed by atoms with Crippen molar-refractivity contribution in [2.24, 2.45) is 0 Å². The summed E-state index contributed by atoms with van der Waals surface area (Å²) in [6.45, 7) is 3.81. The normalized spacial score (nSPS) is 16.0. The molecule has 4 rings (SSSR count). The van der Waals surface area contributed by atoms with Gasteiger partial charge in [0.15, 0.2) is 0 Å². The Bertz CT molecular complexity index is 889. The van der Waals surface area contributed by atoms with Crippen LogP contribution in [0, 0.1) is 6.92 Å². The molecule has 0 atom stereocenters. The highest BCUT2D eigenvalue weighted by Crippen LogP contribution is 2.23. The Morgan fingerprint density at radius 1 is 1.14 bits per heavy atom. The minimum atomic E-state index is -0.185. The van der Waals surface area contributed by atoms with E-state index in [4.69, 9.17) is 0 Å². The fourth-order valence-electron chi connectivity index (χ4n) is 3.36. The van der Waals surface area contributed by atoms with Gasteiger partial charge in [-0.25, -0.2) is 9.97 Å². The van der Waals surface area contributed by atoms with Crippen molar-refractivity contribution >= 4 is 17.8 Å². The maximum absolute atomic E-state index is 12.9. The lowest BCUT2D eigenvalue weighted by molar-refractivity contribution is 0.0790. The fourth-order valence-corrected chi connectivity index (χ4v) is 3.36. The Kier molecular flexibility index (Phi) is 5.69. The molecule has 152 valence electrons. The molecule has 2 N–H and O–H groups in total. The number of rotatable bonds is 7. The molecule has 2 amide bonds. The number of hydrogen-bond acceptors (Lipinski definition) is 6. The van der Waals surface area contributed by atoms with Crippen molar-refractivity contribution in [1.82, 2.24) is 25.2 Å². The molecule has 1 aliphatic heterocycles. The molecule has 8 heteroatoms. The maximum atomic E-state index is 12.9. The summed E-state index contributed by atoms with van der Waals surface area (Å²) in [5.41, 5.74) is 2.58. The third-order valence-electron chi connectivity index (χ3n) is 5.22. The van der Waals surface area contributed by atoms with Crippen LogP contribution in [0.4, 0.5) is 5.95 Å². The lowest BCUT2D eigenvalue weighted by atomic mass is 10.1. The van der Waals surface area contributed by atoms with Crippen LogP contribution in [-0.2, 0) is 6.42 Å². The summed E-state index contributed by atoms with van der Waals surface area (Å²) in [7, 11) is 0. The second kappa shape index (κ2) is 8.55. The molecule has 2 fully saturated rings. The van der Waals surface area contributed by atoms with E-state index in [0.717, 1.165) is 44.5 Å². The number of amides is 2. The lowest BCUT2D eigenvalue weighted by Crippen LogP contribution is -2.31. The van der Waals surface area contributed by atoms with Gasteiger partial charge in [0.2, 0.25) is 5.95 Å². The van der Waals surface area contributed by atoms with Gasteiger partial charge < -0.3 is 15.5 Å². The molecule has 2 aromatic rings. The highest BCUT2D eigenvalue weighted by Gasteiger charge is 2.25. The second-order valence-electron chi connectivity index (χ2n) is 7.67. The summed E-state index contributed by atoms with van der Waals surface area (Å²) in [5.74, 6) is 0.342. The van der Waals surface area contributed by atoms with Crippen LogP contribution in [0.1, 0.15) is 57.8 Å². The van der Waals surface area contributed by atoms with Gasteiger partial charge in [-0.05, 0) is 44.7 Å². The number of anilines is 1. The Morgan fingerprint density at radius 3 is 2.62 bits per heavy atom. The first kappa shape index (κ1) is 19.3. The van der Waals surface area contributed by atoms with Gasteiger partial charge in [0, 0.05) is 50.2 Å². The van der Waals surface area contributed by atoms with Gasteiger partial charge in [-0.1, -0.05) is 0 Å². The molecule has 0 spiro atoms. The number of nitrogens with one attached hydrogen (secondary N) is 2. The SMILES string of the molecule is Cc1ccc(C(=O)NCCc2nc(NC3CC3)ncc2C(=O)N2CCCC2)cn1. The summed E-state index contributed by atoms with van der Waals surface area (Å²) >= 11 is 0. The van der Waals surface area contributed by atoms with E-state index in [2.05, 4.69) is 25.6 Å². The number of carbonyl (C=O) groups excluding carboxylic acids is 2. The van der Waals surface area contributed by atoms with Crippen molar-refractivity contribution in [2.75, 3.05) is 25.0 Å². The summed E-state index contributed by atoms with van der Waals surface area (Å²) in [6, 6.07) is 3.99. The molecule has 1 saturated heterocycles. The molecule has 1 aliphatic carbocycles. The molecule has 3 heterocycles. The van der Waals surface area contributed by atoms with E-state index in [0.29, 0.717) is 41.8 Å². The third-order valence-corrected chi connectivity index (χ3v) is 5.22. The van der Waals surface area contributed by atoms with Crippen molar-refractivity contribution in [1.29, 1.82) is 0 Å². The highest BCUT2D eigenvalue weighted by molar-refractivity contribution is 5.95. The van der Waals surface area contributed by atoms with Gasteiger partial charge in [-0.2, -0.15) is 0 Å². The number of aromatic nitrogens is 3. The first-order valence-electron chi connectivity index (χ1n) is 10.2. The monoisotopic (exact) mass is 394 g/mol. The van der Waals surface area contributed by atoms with E-state index < -0.39 is 0 Å². The standard InChI is InChI=1S/C21H26N6O2/c1-14-4-5-15(12-23-14)19(28)22-9-8-18-17(20(29)27-10-2-3-11-27)13-24-21(26-18)25-16-6-7-16/h4-5,12-13,16H,2-3,6-11H2,1H3,(H,22,28)(H,24,25,26). The van der Waals surface area contributed by atoms with E-state index in [1.54, 1.807) is 18.5 Å². The van der Waals surface area contributed by atoms with E-state index in [1.807, 2.05) is 17.9 Å². The van der Waals surface area contributed by atoms with E-state index in [-0.39, 0.29) is 11.8 Å². The molecule has 0 radical (unpaired) electrons. The lowest BCUT2D eigenvalue weighted by Gasteiger charge is -2.17.